The lowest BCUT2D eigenvalue weighted by Crippen LogP contribution is -2.22. The molecule has 0 bridgehead atoms. The summed E-state index contributed by atoms with van der Waals surface area (Å²) in [6.45, 7) is 2.68. The Hall–Kier alpha value is -3.40. The van der Waals surface area contributed by atoms with E-state index in [9.17, 15) is 23.1 Å². The number of imide groups is 1. The van der Waals surface area contributed by atoms with Crippen molar-refractivity contribution >= 4 is 55.1 Å². The molecule has 196 valence electrons. The van der Waals surface area contributed by atoms with Gasteiger partial charge in [0.2, 0.25) is 0 Å². The van der Waals surface area contributed by atoms with Crippen molar-refractivity contribution in [1.29, 1.82) is 0 Å². The summed E-state index contributed by atoms with van der Waals surface area (Å²) < 4.78 is 28.3. The molecule has 4 aromatic rings. The van der Waals surface area contributed by atoms with Gasteiger partial charge in [-0.15, -0.1) is 0 Å². The molecule has 0 radical (unpaired) electrons. The Kier molecular flexibility index (Phi) is 5.97. The number of hydrogen-bond acceptors (Lipinski definition) is 6. The van der Waals surface area contributed by atoms with Crippen molar-refractivity contribution in [2.24, 2.45) is 7.05 Å². The summed E-state index contributed by atoms with van der Waals surface area (Å²) in [7, 11) is -1.99. The molecule has 38 heavy (non-hydrogen) atoms. The topological polar surface area (TPSA) is 109 Å². The number of phenols is 1. The Bertz CT molecular complexity index is 1770. The van der Waals surface area contributed by atoms with E-state index in [2.05, 4.69) is 10.2 Å². The van der Waals surface area contributed by atoms with E-state index in [0.717, 1.165) is 25.9 Å². The lowest BCUT2D eigenvalue weighted by atomic mass is 9.93. The zero-order valence-corrected chi connectivity index (χ0v) is 22.3. The highest BCUT2D eigenvalue weighted by atomic mass is 35.5. The third-order valence-corrected chi connectivity index (χ3v) is 9.80. The van der Waals surface area contributed by atoms with Gasteiger partial charge in [0.25, 0.3) is 11.8 Å². The smallest absolute Gasteiger partial charge is 0.259 e. The number of hydrogen-bond donors (Lipinski definition) is 2. The monoisotopic (exact) mass is 551 g/mol. The van der Waals surface area contributed by atoms with Crippen LogP contribution in [0.2, 0.25) is 5.02 Å². The molecule has 0 spiro atoms. The summed E-state index contributed by atoms with van der Waals surface area (Å²) in [5, 5.41) is 14.7. The molecule has 1 aromatic heterocycles. The zero-order chi connectivity index (χ0) is 26.8. The fourth-order valence-electron chi connectivity index (χ4n) is 5.80. The van der Waals surface area contributed by atoms with E-state index in [0.29, 0.717) is 50.9 Å². The molecule has 0 saturated carbocycles. The maximum atomic E-state index is 13.2. The fourth-order valence-corrected chi connectivity index (χ4v) is 7.43. The highest BCUT2D eigenvalue weighted by Crippen LogP contribution is 2.43. The van der Waals surface area contributed by atoms with Crippen molar-refractivity contribution in [1.82, 2.24) is 14.8 Å². The maximum Gasteiger partial charge on any atom is 0.259 e. The number of aryl methyl sites for hydroxylation is 1. The van der Waals surface area contributed by atoms with E-state index in [1.807, 2.05) is 0 Å². The normalized spacial score (nSPS) is 16.1. The van der Waals surface area contributed by atoms with Crippen LogP contribution in [0.3, 0.4) is 0 Å². The summed E-state index contributed by atoms with van der Waals surface area (Å²) in [5.41, 5.74) is 2.65. The number of sulfone groups is 1. The summed E-state index contributed by atoms with van der Waals surface area (Å²) >= 11 is 6.46. The third-order valence-electron chi connectivity index (χ3n) is 7.64. The first-order chi connectivity index (χ1) is 18.2. The first kappa shape index (κ1) is 24.9. The van der Waals surface area contributed by atoms with Crippen molar-refractivity contribution in [2.45, 2.75) is 24.2 Å². The van der Waals surface area contributed by atoms with Crippen LogP contribution in [0.1, 0.15) is 40.0 Å². The Labute approximate surface area is 224 Å². The number of carbonyl (C=O) groups excluding carboxylic acids is 2. The number of rotatable bonds is 6. The van der Waals surface area contributed by atoms with Gasteiger partial charge in [0.15, 0.2) is 9.84 Å². The highest BCUT2D eigenvalue weighted by Gasteiger charge is 2.35. The fraction of sp³-hybridized carbons (Fsp3) is 0.286. The molecule has 1 saturated heterocycles. The predicted molar refractivity (Wildman–Crippen MR) is 147 cm³/mol. The number of carbonyl (C=O) groups is 2. The van der Waals surface area contributed by atoms with Gasteiger partial charge < -0.3 is 14.6 Å². The number of phenolic OH excluding ortho intramolecular Hbond substituents is 1. The second kappa shape index (κ2) is 9.11. The molecule has 0 aliphatic carbocycles. The van der Waals surface area contributed by atoms with Crippen LogP contribution in [-0.4, -0.2) is 60.2 Å². The first-order valence-corrected chi connectivity index (χ1v) is 14.6. The molecule has 2 aliphatic rings. The van der Waals surface area contributed by atoms with Crippen LogP contribution in [0.25, 0.3) is 32.9 Å². The summed E-state index contributed by atoms with van der Waals surface area (Å²) in [4.78, 5) is 28.0. The molecule has 2 N–H and O–H groups in total. The first-order valence-electron chi connectivity index (χ1n) is 12.5. The van der Waals surface area contributed by atoms with Gasteiger partial charge in [-0.1, -0.05) is 29.8 Å². The molecule has 10 heteroatoms. The maximum absolute atomic E-state index is 13.2. The number of nitrogens with zero attached hydrogens (tertiary/aromatic N) is 2. The van der Waals surface area contributed by atoms with E-state index in [1.165, 1.54) is 12.1 Å². The number of nitrogens with one attached hydrogen (secondary N) is 1. The minimum atomic E-state index is -3.76. The number of aromatic nitrogens is 1. The van der Waals surface area contributed by atoms with Crippen molar-refractivity contribution in [3.8, 4) is 16.9 Å². The Morgan fingerprint density at radius 1 is 0.974 bits per heavy atom. The molecule has 8 nitrogen and oxygen atoms in total. The Balaban J connectivity index is 1.53. The second-order valence-corrected chi connectivity index (χ2v) is 12.4. The molecule has 1 fully saturated rings. The number of likely N-dealkylation sites (tertiary alicyclic amines) is 1. The van der Waals surface area contributed by atoms with Crippen molar-refractivity contribution in [3.05, 3.63) is 58.6 Å². The standard InChI is InChI=1S/C28H26ClN3O5S/c1-31-20-15-23(38(36,37)12-6-11-32-9-4-5-10-32)22(33)14-18(20)24-21(31)13-17(16-7-2-3-8-19(16)29)25-26(24)28(35)30-27(25)34/h2-3,7-8,13-15,33H,4-6,9-12H2,1H3,(H,30,34,35). The lowest BCUT2D eigenvalue weighted by Gasteiger charge is -2.14. The number of amides is 2. The summed E-state index contributed by atoms with van der Waals surface area (Å²) in [5.74, 6) is -1.52. The quantitative estimate of drug-likeness (QED) is 0.342. The van der Waals surface area contributed by atoms with Crippen LogP contribution < -0.4 is 5.32 Å². The van der Waals surface area contributed by atoms with Gasteiger partial charge in [0.1, 0.15) is 10.6 Å². The average molecular weight is 552 g/mol. The number of aromatic hydroxyl groups is 1. The zero-order valence-electron chi connectivity index (χ0n) is 20.8. The third kappa shape index (κ3) is 3.88. The second-order valence-electron chi connectivity index (χ2n) is 9.95. The van der Waals surface area contributed by atoms with E-state index in [1.54, 1.807) is 41.9 Å². The van der Waals surface area contributed by atoms with Gasteiger partial charge in [0.05, 0.1) is 27.9 Å². The predicted octanol–water partition coefficient (Wildman–Crippen LogP) is 4.50. The van der Waals surface area contributed by atoms with E-state index >= 15 is 0 Å². The molecule has 2 aliphatic heterocycles. The van der Waals surface area contributed by atoms with Gasteiger partial charge in [-0.3, -0.25) is 14.9 Å². The number of fused-ring (bicyclic) bond motifs is 5. The van der Waals surface area contributed by atoms with Gasteiger partial charge in [0, 0.05) is 28.4 Å². The molecular weight excluding hydrogens is 526 g/mol. The molecule has 0 atom stereocenters. The largest absolute Gasteiger partial charge is 0.507 e. The number of benzene rings is 3. The van der Waals surface area contributed by atoms with Crippen LogP contribution >= 0.6 is 11.6 Å². The lowest BCUT2D eigenvalue weighted by molar-refractivity contribution is 0.0880. The van der Waals surface area contributed by atoms with Crippen LogP contribution in [0.4, 0.5) is 0 Å². The molecule has 3 aromatic carbocycles. The Morgan fingerprint density at radius 2 is 1.68 bits per heavy atom. The molecular formula is C28H26ClN3O5S. The SMILES string of the molecule is Cn1c2cc(S(=O)(=O)CCCN3CCCC3)c(O)cc2c2c3c(c(-c4ccccc4Cl)cc21)C(=O)NC3=O. The molecule has 2 amide bonds. The minimum absolute atomic E-state index is 0.0739. The van der Waals surface area contributed by atoms with Crippen LogP contribution in [0.15, 0.2) is 47.4 Å². The summed E-state index contributed by atoms with van der Waals surface area (Å²) in [6, 6.07) is 11.7. The highest BCUT2D eigenvalue weighted by molar-refractivity contribution is 7.91. The van der Waals surface area contributed by atoms with Gasteiger partial charge in [-0.25, -0.2) is 8.42 Å². The van der Waals surface area contributed by atoms with Gasteiger partial charge in [-0.2, -0.15) is 0 Å². The van der Waals surface area contributed by atoms with Crippen molar-refractivity contribution in [2.75, 3.05) is 25.4 Å². The Morgan fingerprint density at radius 3 is 2.42 bits per heavy atom. The van der Waals surface area contributed by atoms with Crippen molar-refractivity contribution < 1.29 is 23.1 Å². The van der Waals surface area contributed by atoms with Gasteiger partial charge in [-0.05, 0) is 68.7 Å². The van der Waals surface area contributed by atoms with E-state index in [4.69, 9.17) is 11.6 Å². The van der Waals surface area contributed by atoms with Gasteiger partial charge >= 0.3 is 0 Å². The number of halogens is 1. The van der Waals surface area contributed by atoms with E-state index in [-0.39, 0.29) is 27.5 Å². The van der Waals surface area contributed by atoms with Crippen LogP contribution in [-0.2, 0) is 16.9 Å². The van der Waals surface area contributed by atoms with E-state index < -0.39 is 21.7 Å². The minimum Gasteiger partial charge on any atom is -0.507 e. The molecule has 6 rings (SSSR count). The van der Waals surface area contributed by atoms with Crippen LogP contribution in [0, 0.1) is 0 Å². The van der Waals surface area contributed by atoms with Crippen LogP contribution in [0.5, 0.6) is 5.75 Å². The van der Waals surface area contributed by atoms with Crippen molar-refractivity contribution in [3.63, 3.8) is 0 Å². The average Bonchev–Trinajstić information content (AvgIpc) is 3.56. The molecule has 3 heterocycles. The molecule has 0 unspecified atom stereocenters. The summed E-state index contributed by atoms with van der Waals surface area (Å²) in [6.07, 6.45) is 2.75.